The van der Waals surface area contributed by atoms with Crippen molar-refractivity contribution in [3.8, 4) is 5.69 Å². The monoisotopic (exact) mass is 370 g/mol. The number of hydrogen-bond donors (Lipinski definition) is 2. The van der Waals surface area contributed by atoms with Crippen molar-refractivity contribution < 1.29 is 0 Å². The zero-order valence-corrected chi connectivity index (χ0v) is 15.3. The number of rotatable bonds is 5. The Balaban J connectivity index is 1.48. The summed E-state index contributed by atoms with van der Waals surface area (Å²) in [5.41, 5.74) is 5.47. The average molecular weight is 370 g/mol. The van der Waals surface area contributed by atoms with Gasteiger partial charge in [-0.05, 0) is 30.7 Å². The molecule has 0 atom stereocenters. The van der Waals surface area contributed by atoms with Gasteiger partial charge in [-0.15, -0.1) is 0 Å². The molecule has 0 radical (unpaired) electrons. The first kappa shape index (κ1) is 16.4. The molecule has 138 valence electrons. The number of benzene rings is 1. The zero-order chi connectivity index (χ0) is 18.9. The Morgan fingerprint density at radius 3 is 2.89 bits per heavy atom. The van der Waals surface area contributed by atoms with Crippen LogP contribution in [0, 0.1) is 6.92 Å². The number of pyridine rings is 1. The minimum Gasteiger partial charge on any atom is -0.368 e. The molecular formula is C20H18N8. The number of H-pyrrole nitrogens is 1. The number of aromatic nitrogens is 7. The summed E-state index contributed by atoms with van der Waals surface area (Å²) in [5, 5.41) is 3.35. The van der Waals surface area contributed by atoms with Gasteiger partial charge in [0.25, 0.3) is 0 Å². The first-order chi connectivity index (χ1) is 13.8. The van der Waals surface area contributed by atoms with E-state index in [-0.39, 0.29) is 0 Å². The van der Waals surface area contributed by atoms with Gasteiger partial charge < -0.3 is 10.3 Å². The number of anilines is 1. The number of para-hydroxylation sites is 1. The Hall–Kier alpha value is -3.81. The summed E-state index contributed by atoms with van der Waals surface area (Å²) >= 11 is 0. The number of fused-ring (bicyclic) bond motifs is 2. The molecule has 5 rings (SSSR count). The largest absolute Gasteiger partial charge is 0.368 e. The number of aromatic amines is 1. The minimum absolute atomic E-state index is 0.661. The van der Waals surface area contributed by atoms with Crippen LogP contribution in [0.1, 0.15) is 11.4 Å². The predicted octanol–water partition coefficient (Wildman–Crippen LogP) is 3.05. The second kappa shape index (κ2) is 6.73. The molecule has 8 nitrogen and oxygen atoms in total. The van der Waals surface area contributed by atoms with Crippen molar-refractivity contribution in [2.75, 3.05) is 11.9 Å². The van der Waals surface area contributed by atoms with Gasteiger partial charge in [-0.25, -0.2) is 24.9 Å². The first-order valence-corrected chi connectivity index (χ1v) is 9.07. The molecule has 4 aromatic heterocycles. The van der Waals surface area contributed by atoms with Gasteiger partial charge in [-0.1, -0.05) is 18.2 Å². The van der Waals surface area contributed by atoms with Gasteiger partial charge in [0.15, 0.2) is 17.1 Å². The third kappa shape index (κ3) is 2.75. The van der Waals surface area contributed by atoms with E-state index in [1.54, 1.807) is 12.5 Å². The summed E-state index contributed by atoms with van der Waals surface area (Å²) in [6.45, 7) is 2.76. The highest BCUT2D eigenvalue weighted by Crippen LogP contribution is 2.23. The smallest absolute Gasteiger partial charge is 0.164 e. The third-order valence-corrected chi connectivity index (χ3v) is 4.70. The molecule has 1 aromatic carbocycles. The van der Waals surface area contributed by atoms with Crippen molar-refractivity contribution in [2.24, 2.45) is 0 Å². The molecule has 0 amide bonds. The third-order valence-electron chi connectivity index (χ3n) is 4.70. The van der Waals surface area contributed by atoms with Gasteiger partial charge in [-0.3, -0.25) is 4.57 Å². The fourth-order valence-electron chi connectivity index (χ4n) is 3.38. The lowest BCUT2D eigenvalue weighted by Crippen LogP contribution is -2.11. The van der Waals surface area contributed by atoms with Crippen LogP contribution in [-0.2, 0) is 6.42 Å². The van der Waals surface area contributed by atoms with Crippen LogP contribution in [0.15, 0.2) is 55.2 Å². The fourth-order valence-corrected chi connectivity index (χ4v) is 3.38. The molecule has 4 heterocycles. The highest BCUT2D eigenvalue weighted by atomic mass is 15.1. The molecule has 0 saturated heterocycles. The fraction of sp³-hybridized carbons (Fsp3) is 0.150. The molecule has 28 heavy (non-hydrogen) atoms. The first-order valence-electron chi connectivity index (χ1n) is 9.07. The lowest BCUT2D eigenvalue weighted by molar-refractivity contribution is 0.860. The normalized spacial score (nSPS) is 11.3. The van der Waals surface area contributed by atoms with Crippen molar-refractivity contribution in [3.05, 3.63) is 66.6 Å². The van der Waals surface area contributed by atoms with E-state index in [9.17, 15) is 0 Å². The van der Waals surface area contributed by atoms with Crippen LogP contribution < -0.4 is 5.32 Å². The zero-order valence-electron chi connectivity index (χ0n) is 15.3. The van der Waals surface area contributed by atoms with Crippen LogP contribution in [0.4, 0.5) is 5.82 Å². The van der Waals surface area contributed by atoms with Gasteiger partial charge in [-0.2, -0.15) is 0 Å². The molecule has 0 fully saturated rings. The van der Waals surface area contributed by atoms with E-state index in [1.807, 2.05) is 24.3 Å². The molecule has 5 aromatic rings. The Morgan fingerprint density at radius 2 is 1.96 bits per heavy atom. The highest BCUT2D eigenvalue weighted by Gasteiger charge is 2.15. The quantitative estimate of drug-likeness (QED) is 0.493. The minimum atomic E-state index is 0.661. The van der Waals surface area contributed by atoms with E-state index >= 15 is 0 Å². The maximum atomic E-state index is 4.82. The van der Waals surface area contributed by atoms with Crippen LogP contribution in [0.2, 0.25) is 0 Å². The van der Waals surface area contributed by atoms with Crippen LogP contribution in [0.5, 0.6) is 0 Å². The second-order valence-electron chi connectivity index (χ2n) is 6.49. The molecule has 0 spiro atoms. The van der Waals surface area contributed by atoms with E-state index < -0.39 is 0 Å². The standard InChI is InChI=1S/C20H18N8/c1-13-5-2-3-7-15(13)28-16(27-14-6-4-9-22-20(14)28)8-10-21-18-17-19(24-11-23-17)26-12-25-18/h2-7,9,11-12H,8,10H2,1H3,(H2,21,23,24,25,26). The van der Waals surface area contributed by atoms with Gasteiger partial charge in [0.05, 0.1) is 12.0 Å². The molecule has 0 saturated carbocycles. The summed E-state index contributed by atoms with van der Waals surface area (Å²) in [6, 6.07) is 12.2. The van der Waals surface area contributed by atoms with Gasteiger partial charge in [0.1, 0.15) is 23.2 Å². The van der Waals surface area contributed by atoms with Crippen LogP contribution in [0.25, 0.3) is 28.0 Å². The lowest BCUT2D eigenvalue weighted by atomic mass is 10.2. The Kier molecular flexibility index (Phi) is 3.93. The van der Waals surface area contributed by atoms with Crippen molar-refractivity contribution in [3.63, 3.8) is 0 Å². The van der Waals surface area contributed by atoms with Crippen molar-refractivity contribution in [1.82, 2.24) is 34.5 Å². The van der Waals surface area contributed by atoms with Gasteiger partial charge in [0.2, 0.25) is 0 Å². The second-order valence-corrected chi connectivity index (χ2v) is 6.49. The summed E-state index contributed by atoms with van der Waals surface area (Å²) in [5.74, 6) is 1.66. The van der Waals surface area contributed by atoms with E-state index in [0.717, 1.165) is 28.2 Å². The molecule has 0 aliphatic carbocycles. The molecule has 0 unspecified atom stereocenters. The summed E-state index contributed by atoms with van der Waals surface area (Å²) in [4.78, 5) is 25.1. The summed E-state index contributed by atoms with van der Waals surface area (Å²) < 4.78 is 2.14. The molecule has 2 N–H and O–H groups in total. The van der Waals surface area contributed by atoms with Crippen LogP contribution >= 0.6 is 0 Å². The van der Waals surface area contributed by atoms with Gasteiger partial charge >= 0.3 is 0 Å². The topological polar surface area (TPSA) is 97.2 Å². The predicted molar refractivity (Wildman–Crippen MR) is 107 cm³/mol. The Morgan fingerprint density at radius 1 is 1.04 bits per heavy atom. The highest BCUT2D eigenvalue weighted by molar-refractivity contribution is 5.81. The number of nitrogens with one attached hydrogen (secondary N) is 2. The van der Waals surface area contributed by atoms with E-state index in [2.05, 4.69) is 53.9 Å². The van der Waals surface area contributed by atoms with Crippen molar-refractivity contribution in [2.45, 2.75) is 13.3 Å². The molecular weight excluding hydrogens is 352 g/mol. The number of hydrogen-bond acceptors (Lipinski definition) is 6. The number of aryl methyl sites for hydroxylation is 1. The van der Waals surface area contributed by atoms with E-state index in [4.69, 9.17) is 4.98 Å². The lowest BCUT2D eigenvalue weighted by Gasteiger charge is -2.12. The summed E-state index contributed by atoms with van der Waals surface area (Å²) in [7, 11) is 0. The van der Waals surface area contributed by atoms with Crippen molar-refractivity contribution >= 4 is 28.1 Å². The molecule has 0 aliphatic heterocycles. The Labute approximate surface area is 160 Å². The maximum Gasteiger partial charge on any atom is 0.164 e. The van der Waals surface area contributed by atoms with Crippen LogP contribution in [-0.4, -0.2) is 41.0 Å². The molecule has 8 heteroatoms. The molecule has 0 aliphatic rings. The van der Waals surface area contributed by atoms with Crippen LogP contribution in [0.3, 0.4) is 0 Å². The maximum absolute atomic E-state index is 4.82. The Bertz CT molecular complexity index is 1270. The average Bonchev–Trinajstić information content (AvgIpc) is 3.33. The van der Waals surface area contributed by atoms with Crippen molar-refractivity contribution in [1.29, 1.82) is 0 Å². The van der Waals surface area contributed by atoms with E-state index in [1.165, 1.54) is 11.9 Å². The van der Waals surface area contributed by atoms with Gasteiger partial charge in [0, 0.05) is 19.2 Å². The number of nitrogens with zero attached hydrogens (tertiary/aromatic N) is 6. The van der Waals surface area contributed by atoms with E-state index in [0.29, 0.717) is 24.4 Å². The number of imidazole rings is 2. The SMILES string of the molecule is Cc1ccccc1-n1c(CCNc2ncnc3[nH]cnc23)nc2cccnc21. The molecule has 0 bridgehead atoms. The summed E-state index contributed by atoms with van der Waals surface area (Å²) in [6.07, 6.45) is 5.65.